The van der Waals surface area contributed by atoms with Crippen molar-refractivity contribution in [3.63, 3.8) is 0 Å². The molecule has 4 nitrogen and oxygen atoms in total. The number of halogens is 1. The second kappa shape index (κ2) is 6.77. The highest BCUT2D eigenvalue weighted by Gasteiger charge is 2.33. The normalized spacial score (nSPS) is 12.1. The van der Waals surface area contributed by atoms with Crippen molar-refractivity contribution in [2.45, 2.75) is 45.8 Å². The van der Waals surface area contributed by atoms with Crippen LogP contribution >= 0.6 is 11.6 Å². The topological polar surface area (TPSA) is 43.6 Å². The molecule has 0 spiro atoms. The molecule has 0 fully saturated rings. The molecule has 0 saturated carbocycles. The van der Waals surface area contributed by atoms with E-state index >= 15 is 0 Å². The van der Waals surface area contributed by atoms with Gasteiger partial charge in [-0.1, -0.05) is 51.4 Å². The molecule has 0 saturated heterocycles. The second-order valence-electron chi connectivity index (χ2n) is 8.50. The first kappa shape index (κ1) is 19.6. The van der Waals surface area contributed by atoms with E-state index in [0.717, 1.165) is 33.5 Å². The van der Waals surface area contributed by atoms with Crippen LogP contribution in [0.4, 0.5) is 0 Å². The summed E-state index contributed by atoms with van der Waals surface area (Å²) in [7, 11) is 0.323. The quantitative estimate of drug-likeness (QED) is 0.314. The van der Waals surface area contributed by atoms with E-state index in [9.17, 15) is 0 Å². The Balaban J connectivity index is 2.03. The van der Waals surface area contributed by atoms with Crippen LogP contribution in [-0.2, 0) is 7.05 Å². The van der Waals surface area contributed by atoms with Crippen molar-refractivity contribution in [1.29, 1.82) is 0 Å². The van der Waals surface area contributed by atoms with Gasteiger partial charge < -0.3 is 4.57 Å². The molecule has 3 aromatic heterocycles. The SMILES string of the molecule is Cc1cc(C#C[Si](C)(C)C(C)(C)C)ncc1-c1cc2c(Cl)ncnc2n1C. The maximum atomic E-state index is 6.22. The van der Waals surface area contributed by atoms with Crippen LogP contribution in [0.3, 0.4) is 0 Å². The van der Waals surface area contributed by atoms with Gasteiger partial charge in [-0.3, -0.25) is 0 Å². The van der Waals surface area contributed by atoms with Crippen LogP contribution in [0, 0.1) is 18.4 Å². The molecular formula is C21H25ClN4Si. The van der Waals surface area contributed by atoms with Crippen molar-refractivity contribution in [1.82, 2.24) is 19.5 Å². The lowest BCUT2D eigenvalue weighted by atomic mass is 10.1. The molecule has 0 unspecified atom stereocenters. The molecule has 3 aromatic rings. The van der Waals surface area contributed by atoms with Crippen LogP contribution in [0.1, 0.15) is 32.0 Å². The Bertz CT molecular complexity index is 1080. The Morgan fingerprint density at radius 2 is 1.81 bits per heavy atom. The van der Waals surface area contributed by atoms with Crippen molar-refractivity contribution >= 4 is 30.7 Å². The van der Waals surface area contributed by atoms with Gasteiger partial charge in [0.05, 0.1) is 11.1 Å². The van der Waals surface area contributed by atoms with Gasteiger partial charge in [-0.25, -0.2) is 15.0 Å². The lowest BCUT2D eigenvalue weighted by molar-refractivity contribution is 0.731. The van der Waals surface area contributed by atoms with Gasteiger partial charge in [-0.2, -0.15) is 0 Å². The molecule has 0 bridgehead atoms. The summed E-state index contributed by atoms with van der Waals surface area (Å²) in [4.78, 5) is 13.0. The zero-order valence-corrected chi connectivity index (χ0v) is 18.7. The lowest BCUT2D eigenvalue weighted by Gasteiger charge is -2.31. The first-order valence-electron chi connectivity index (χ1n) is 8.97. The van der Waals surface area contributed by atoms with Gasteiger partial charge in [0.2, 0.25) is 0 Å². The van der Waals surface area contributed by atoms with E-state index < -0.39 is 8.07 Å². The molecular weight excluding hydrogens is 372 g/mol. The smallest absolute Gasteiger partial charge is 0.145 e. The van der Waals surface area contributed by atoms with Gasteiger partial charge >= 0.3 is 0 Å². The molecule has 0 N–H and O–H groups in total. The largest absolute Gasteiger partial charge is 0.328 e. The van der Waals surface area contributed by atoms with Crippen molar-refractivity contribution in [3.8, 4) is 22.7 Å². The predicted molar refractivity (Wildman–Crippen MR) is 116 cm³/mol. The van der Waals surface area contributed by atoms with Crippen molar-refractivity contribution in [3.05, 3.63) is 41.1 Å². The van der Waals surface area contributed by atoms with E-state index in [1.54, 1.807) is 0 Å². The molecule has 0 aliphatic heterocycles. The van der Waals surface area contributed by atoms with Gasteiger partial charge in [0, 0.05) is 18.8 Å². The summed E-state index contributed by atoms with van der Waals surface area (Å²) < 4.78 is 2.02. The molecule has 0 aliphatic rings. The Morgan fingerprint density at radius 3 is 2.41 bits per heavy atom. The number of rotatable bonds is 1. The first-order valence-corrected chi connectivity index (χ1v) is 12.4. The minimum atomic E-state index is -1.66. The number of fused-ring (bicyclic) bond motifs is 1. The van der Waals surface area contributed by atoms with E-state index in [4.69, 9.17) is 11.6 Å². The van der Waals surface area contributed by atoms with Crippen molar-refractivity contribution in [2.75, 3.05) is 0 Å². The summed E-state index contributed by atoms with van der Waals surface area (Å²) in [6.45, 7) is 13.5. The fourth-order valence-corrected chi connectivity index (χ4v) is 3.66. The molecule has 27 heavy (non-hydrogen) atoms. The third-order valence-corrected chi connectivity index (χ3v) is 10.3. The molecule has 0 atom stereocenters. The fourth-order valence-electron chi connectivity index (χ4n) is 2.66. The number of pyridine rings is 1. The minimum Gasteiger partial charge on any atom is -0.328 e. The van der Waals surface area contributed by atoms with E-state index in [2.05, 4.69) is 73.3 Å². The summed E-state index contributed by atoms with van der Waals surface area (Å²) in [5.74, 6) is 3.31. The zero-order valence-electron chi connectivity index (χ0n) is 17.0. The Kier molecular flexibility index (Phi) is 4.92. The summed E-state index contributed by atoms with van der Waals surface area (Å²) in [6, 6.07) is 4.07. The summed E-state index contributed by atoms with van der Waals surface area (Å²) >= 11 is 6.22. The lowest BCUT2D eigenvalue weighted by Crippen LogP contribution is -2.35. The van der Waals surface area contributed by atoms with Crippen LogP contribution in [0.25, 0.3) is 22.3 Å². The van der Waals surface area contributed by atoms with Crippen LogP contribution < -0.4 is 0 Å². The summed E-state index contributed by atoms with van der Waals surface area (Å²) in [6.07, 6.45) is 3.37. The Morgan fingerprint density at radius 1 is 1.11 bits per heavy atom. The van der Waals surface area contributed by atoms with E-state index in [0.29, 0.717) is 5.15 Å². The van der Waals surface area contributed by atoms with E-state index in [1.165, 1.54) is 6.33 Å². The van der Waals surface area contributed by atoms with Gasteiger partial charge in [-0.05, 0) is 29.7 Å². The molecule has 0 aliphatic carbocycles. The van der Waals surface area contributed by atoms with Gasteiger partial charge in [0.15, 0.2) is 0 Å². The second-order valence-corrected chi connectivity index (χ2v) is 13.9. The van der Waals surface area contributed by atoms with Crippen LogP contribution in [0.5, 0.6) is 0 Å². The number of nitrogens with zero attached hydrogens (tertiary/aromatic N) is 4. The molecule has 0 aromatic carbocycles. The summed E-state index contributed by atoms with van der Waals surface area (Å²) in [5, 5.41) is 1.54. The molecule has 0 radical (unpaired) electrons. The predicted octanol–water partition coefficient (Wildman–Crippen LogP) is 5.39. The van der Waals surface area contributed by atoms with Gasteiger partial charge in [0.25, 0.3) is 0 Å². The van der Waals surface area contributed by atoms with Crippen molar-refractivity contribution < 1.29 is 0 Å². The maximum Gasteiger partial charge on any atom is 0.145 e. The zero-order chi connectivity index (χ0) is 20.0. The van der Waals surface area contributed by atoms with E-state index in [1.807, 2.05) is 23.9 Å². The average molecular weight is 397 g/mol. The van der Waals surface area contributed by atoms with Gasteiger partial charge in [-0.15, -0.1) is 5.54 Å². The molecule has 6 heteroatoms. The highest BCUT2D eigenvalue weighted by molar-refractivity contribution is 6.87. The highest BCUT2D eigenvalue weighted by Crippen LogP contribution is 2.35. The number of aryl methyl sites for hydroxylation is 2. The van der Waals surface area contributed by atoms with Crippen LogP contribution in [0.2, 0.25) is 23.3 Å². The summed E-state index contributed by atoms with van der Waals surface area (Å²) in [5.41, 5.74) is 8.34. The molecule has 3 heterocycles. The average Bonchev–Trinajstić information content (AvgIpc) is 2.91. The standard InChI is InChI=1S/C21H25ClN4Si/c1-14-10-15(8-9-27(6,7)21(2,3)4)23-12-17(14)18-11-16-19(22)24-13-25-20(16)26(18)5/h10-13H,1-7H3. The van der Waals surface area contributed by atoms with E-state index in [-0.39, 0.29) is 5.04 Å². The molecule has 3 rings (SSSR count). The minimum absolute atomic E-state index is 0.235. The van der Waals surface area contributed by atoms with Crippen molar-refractivity contribution in [2.24, 2.45) is 7.05 Å². The monoisotopic (exact) mass is 396 g/mol. The number of aromatic nitrogens is 4. The maximum absolute atomic E-state index is 6.22. The molecule has 0 amide bonds. The third-order valence-electron chi connectivity index (χ3n) is 5.54. The Hall–Kier alpha value is -2.16. The number of hydrogen-bond acceptors (Lipinski definition) is 3. The van der Waals surface area contributed by atoms with Crippen LogP contribution in [0.15, 0.2) is 24.7 Å². The Labute approximate surface area is 167 Å². The third kappa shape index (κ3) is 3.65. The first-order chi connectivity index (χ1) is 12.5. The number of hydrogen-bond donors (Lipinski definition) is 0. The highest BCUT2D eigenvalue weighted by atomic mass is 35.5. The van der Waals surface area contributed by atoms with Gasteiger partial charge in [0.1, 0.15) is 30.9 Å². The fraction of sp³-hybridized carbons (Fsp3) is 0.381. The molecule has 140 valence electrons. The van der Waals surface area contributed by atoms with Crippen LogP contribution in [-0.4, -0.2) is 27.6 Å².